The van der Waals surface area contributed by atoms with Gasteiger partial charge in [-0.25, -0.2) is 4.79 Å². The molecule has 0 unspecified atom stereocenters. The van der Waals surface area contributed by atoms with Crippen LogP contribution >= 0.6 is 0 Å². The van der Waals surface area contributed by atoms with E-state index in [-0.39, 0.29) is 18.6 Å². The fraction of sp³-hybridized carbons (Fsp3) is 0.130. The van der Waals surface area contributed by atoms with Crippen LogP contribution in [0.4, 0.5) is 0 Å². The van der Waals surface area contributed by atoms with Crippen molar-refractivity contribution >= 4 is 11.9 Å². The molecule has 3 aromatic rings. The average molecular weight is 374 g/mol. The second kappa shape index (κ2) is 7.96. The fourth-order valence-corrected chi connectivity index (χ4v) is 3.04. The molecule has 4 rings (SSSR count). The Labute approximate surface area is 162 Å². The molecule has 0 atom stereocenters. The van der Waals surface area contributed by atoms with Gasteiger partial charge in [-0.15, -0.1) is 0 Å². The van der Waals surface area contributed by atoms with E-state index in [0.29, 0.717) is 23.7 Å². The molecule has 0 bridgehead atoms. The minimum atomic E-state index is -0.691. The zero-order chi connectivity index (χ0) is 19.3. The molecule has 5 heteroatoms. The minimum absolute atomic E-state index is 0.00527. The predicted molar refractivity (Wildman–Crippen MR) is 102 cm³/mol. The molecule has 140 valence electrons. The summed E-state index contributed by atoms with van der Waals surface area (Å²) in [6.07, 6.45) is 0.00527. The van der Waals surface area contributed by atoms with Crippen molar-refractivity contribution in [2.24, 2.45) is 0 Å². The lowest BCUT2D eigenvalue weighted by Crippen LogP contribution is -2.24. The van der Waals surface area contributed by atoms with Gasteiger partial charge in [0.2, 0.25) is 0 Å². The molecule has 0 fully saturated rings. The molecular weight excluding hydrogens is 356 g/mol. The molecule has 0 spiro atoms. The van der Waals surface area contributed by atoms with Crippen molar-refractivity contribution in [2.45, 2.75) is 19.6 Å². The molecule has 5 nitrogen and oxygen atoms in total. The maximum atomic E-state index is 12.3. The van der Waals surface area contributed by atoms with Crippen LogP contribution in [0, 0.1) is 0 Å². The highest BCUT2D eigenvalue weighted by atomic mass is 16.6. The quantitative estimate of drug-likeness (QED) is 0.480. The van der Waals surface area contributed by atoms with Crippen LogP contribution in [-0.4, -0.2) is 11.9 Å². The Bertz CT molecular complexity index is 996. The zero-order valence-electron chi connectivity index (χ0n) is 15.1. The van der Waals surface area contributed by atoms with Gasteiger partial charge in [-0.2, -0.15) is 0 Å². The minimum Gasteiger partial charge on any atom is -0.489 e. The van der Waals surface area contributed by atoms with E-state index in [1.165, 1.54) is 0 Å². The Morgan fingerprint density at radius 1 is 0.786 bits per heavy atom. The number of carbonyl (C=O) groups is 2. The van der Waals surface area contributed by atoms with Gasteiger partial charge in [-0.05, 0) is 22.8 Å². The molecule has 0 saturated heterocycles. The first-order chi connectivity index (χ1) is 13.7. The van der Waals surface area contributed by atoms with E-state index in [0.717, 1.165) is 11.1 Å². The van der Waals surface area contributed by atoms with Crippen molar-refractivity contribution in [2.75, 3.05) is 0 Å². The second-order valence-corrected chi connectivity index (χ2v) is 6.44. The highest BCUT2D eigenvalue weighted by molar-refractivity contribution is 6.04. The summed E-state index contributed by atoms with van der Waals surface area (Å²) in [4.78, 5) is 23.9. The molecule has 1 aliphatic rings. The summed E-state index contributed by atoms with van der Waals surface area (Å²) >= 11 is 0. The van der Waals surface area contributed by atoms with Crippen LogP contribution in [-0.2, 0) is 29.2 Å². The van der Waals surface area contributed by atoms with Crippen LogP contribution in [0.2, 0.25) is 0 Å². The van der Waals surface area contributed by atoms with E-state index in [4.69, 9.17) is 14.2 Å². The maximum absolute atomic E-state index is 12.3. The van der Waals surface area contributed by atoms with E-state index < -0.39 is 11.9 Å². The molecule has 0 amide bonds. The Kier molecular flexibility index (Phi) is 5.06. The largest absolute Gasteiger partial charge is 0.489 e. The first kappa shape index (κ1) is 17.8. The first-order valence-corrected chi connectivity index (χ1v) is 8.94. The molecular formula is C23H18O5. The van der Waals surface area contributed by atoms with Crippen LogP contribution in [0.1, 0.15) is 27.0 Å². The van der Waals surface area contributed by atoms with Gasteiger partial charge in [-0.1, -0.05) is 60.7 Å². The summed E-state index contributed by atoms with van der Waals surface area (Å²) in [5, 5.41) is 0. The Hall–Kier alpha value is -3.60. The fourth-order valence-electron chi connectivity index (χ4n) is 3.04. The van der Waals surface area contributed by atoms with Gasteiger partial charge in [-0.3, -0.25) is 4.79 Å². The van der Waals surface area contributed by atoms with Gasteiger partial charge >= 0.3 is 11.9 Å². The van der Waals surface area contributed by atoms with E-state index in [9.17, 15) is 9.59 Å². The monoisotopic (exact) mass is 374 g/mol. The molecule has 1 aliphatic heterocycles. The normalized spacial score (nSPS) is 12.9. The van der Waals surface area contributed by atoms with Crippen molar-refractivity contribution in [1.82, 2.24) is 0 Å². The Morgan fingerprint density at radius 2 is 1.39 bits per heavy atom. The SMILES string of the molecule is O=C1Cc2cc(OCc3ccccc3)cc(OCc3ccccc3)c2C(=O)O1. The lowest BCUT2D eigenvalue weighted by molar-refractivity contribution is -0.137. The molecule has 0 radical (unpaired) electrons. The molecule has 28 heavy (non-hydrogen) atoms. The number of hydrogen-bond acceptors (Lipinski definition) is 5. The number of carbonyl (C=O) groups excluding carboxylic acids is 2. The van der Waals surface area contributed by atoms with E-state index in [1.807, 2.05) is 60.7 Å². The first-order valence-electron chi connectivity index (χ1n) is 8.94. The third kappa shape index (κ3) is 4.04. The van der Waals surface area contributed by atoms with Crippen molar-refractivity contribution in [3.05, 3.63) is 95.1 Å². The number of fused-ring (bicyclic) bond motifs is 1. The lowest BCUT2D eigenvalue weighted by Gasteiger charge is -2.19. The van der Waals surface area contributed by atoms with Gasteiger partial charge in [0.1, 0.15) is 30.3 Å². The highest BCUT2D eigenvalue weighted by Crippen LogP contribution is 2.33. The van der Waals surface area contributed by atoms with E-state index in [1.54, 1.807) is 12.1 Å². The average Bonchev–Trinajstić information content (AvgIpc) is 2.71. The summed E-state index contributed by atoms with van der Waals surface area (Å²) in [5.41, 5.74) is 2.81. The smallest absolute Gasteiger partial charge is 0.349 e. The third-order valence-electron chi connectivity index (χ3n) is 4.39. The molecule has 3 aromatic carbocycles. The Balaban J connectivity index is 1.61. The van der Waals surface area contributed by atoms with Gasteiger partial charge in [0.15, 0.2) is 0 Å². The van der Waals surface area contributed by atoms with Crippen LogP contribution in [0.15, 0.2) is 72.8 Å². The third-order valence-corrected chi connectivity index (χ3v) is 4.39. The molecule has 0 aromatic heterocycles. The molecule has 0 saturated carbocycles. The van der Waals surface area contributed by atoms with Gasteiger partial charge in [0.05, 0.1) is 6.42 Å². The van der Waals surface area contributed by atoms with Crippen molar-refractivity contribution in [1.29, 1.82) is 0 Å². The number of ether oxygens (including phenoxy) is 3. The second-order valence-electron chi connectivity index (χ2n) is 6.44. The number of esters is 2. The van der Waals surface area contributed by atoms with Gasteiger partial charge in [0, 0.05) is 6.07 Å². The molecule has 0 aliphatic carbocycles. The van der Waals surface area contributed by atoms with Crippen LogP contribution in [0.25, 0.3) is 0 Å². The van der Waals surface area contributed by atoms with Gasteiger partial charge in [0.25, 0.3) is 0 Å². The van der Waals surface area contributed by atoms with E-state index in [2.05, 4.69) is 0 Å². The van der Waals surface area contributed by atoms with Crippen molar-refractivity contribution in [3.8, 4) is 11.5 Å². The standard InChI is InChI=1S/C23H18O5/c24-21-12-18-11-19(26-14-16-7-3-1-4-8-16)13-20(22(18)23(25)28-21)27-15-17-9-5-2-6-10-17/h1-11,13H,12,14-15H2. The van der Waals surface area contributed by atoms with Crippen LogP contribution in [0.3, 0.4) is 0 Å². The Morgan fingerprint density at radius 3 is 2.04 bits per heavy atom. The number of benzene rings is 3. The summed E-state index contributed by atoms with van der Waals surface area (Å²) in [5.74, 6) is -0.384. The topological polar surface area (TPSA) is 61.8 Å². The maximum Gasteiger partial charge on any atom is 0.349 e. The van der Waals surface area contributed by atoms with Crippen molar-refractivity contribution < 1.29 is 23.8 Å². The van der Waals surface area contributed by atoms with Crippen molar-refractivity contribution in [3.63, 3.8) is 0 Å². The van der Waals surface area contributed by atoms with Gasteiger partial charge < -0.3 is 14.2 Å². The lowest BCUT2D eigenvalue weighted by atomic mass is 10.0. The summed E-state index contributed by atoms with van der Waals surface area (Å²) < 4.78 is 16.6. The zero-order valence-corrected chi connectivity index (χ0v) is 15.1. The van der Waals surface area contributed by atoms with E-state index >= 15 is 0 Å². The summed E-state index contributed by atoms with van der Waals surface area (Å²) in [7, 11) is 0. The number of cyclic esters (lactones) is 2. The highest BCUT2D eigenvalue weighted by Gasteiger charge is 2.29. The van der Waals surface area contributed by atoms with Crippen LogP contribution in [0.5, 0.6) is 11.5 Å². The summed E-state index contributed by atoms with van der Waals surface area (Å²) in [6, 6.07) is 22.7. The summed E-state index contributed by atoms with van der Waals surface area (Å²) in [6.45, 7) is 0.660. The predicted octanol–water partition coefficient (Wildman–Crippen LogP) is 4.08. The molecule has 0 N–H and O–H groups in total. The number of hydrogen-bond donors (Lipinski definition) is 0. The number of rotatable bonds is 6. The molecule has 1 heterocycles. The van der Waals surface area contributed by atoms with Crippen LogP contribution < -0.4 is 9.47 Å².